The fourth-order valence-electron chi connectivity index (χ4n) is 4.68. The predicted octanol–water partition coefficient (Wildman–Crippen LogP) is 1.65. The van der Waals surface area contributed by atoms with E-state index in [9.17, 15) is 14.7 Å². The van der Waals surface area contributed by atoms with Crippen molar-refractivity contribution in [2.75, 3.05) is 32.8 Å². The zero-order valence-corrected chi connectivity index (χ0v) is 15.9. The van der Waals surface area contributed by atoms with Gasteiger partial charge in [-0.3, -0.25) is 9.59 Å². The molecule has 6 heteroatoms. The van der Waals surface area contributed by atoms with E-state index in [1.807, 2.05) is 54.1 Å². The maximum atomic E-state index is 12.9. The topological polar surface area (TPSA) is 76.6 Å². The van der Waals surface area contributed by atoms with Gasteiger partial charge >= 0.3 is 0 Å². The summed E-state index contributed by atoms with van der Waals surface area (Å²) in [5.74, 6) is 0.328. The lowest BCUT2D eigenvalue weighted by Gasteiger charge is -2.28. The lowest BCUT2D eigenvalue weighted by molar-refractivity contribution is -0.134. The van der Waals surface area contributed by atoms with Gasteiger partial charge in [-0.25, -0.2) is 0 Å². The van der Waals surface area contributed by atoms with E-state index in [1.165, 1.54) is 0 Å². The van der Waals surface area contributed by atoms with Crippen LogP contribution in [-0.2, 0) is 16.0 Å². The van der Waals surface area contributed by atoms with Gasteiger partial charge in [0.2, 0.25) is 11.8 Å². The molecule has 0 unspecified atom stereocenters. The normalized spacial score (nSPS) is 24.8. The molecular weight excluding hydrogens is 342 g/mol. The number of nitrogens with zero attached hydrogens (tertiary/aromatic N) is 2. The van der Waals surface area contributed by atoms with E-state index in [0.29, 0.717) is 32.6 Å². The lowest BCUT2D eigenvalue weighted by atomic mass is 9.82. The molecule has 1 aromatic carbocycles. The SMILES string of the molecule is CC(C)C(=O)N1C[C@@H]2CN(C(=O)Cc3c[nH]c4ccccc34)C[C@]2(CO)C1. The van der Waals surface area contributed by atoms with Crippen molar-refractivity contribution in [3.8, 4) is 0 Å². The number of carbonyl (C=O) groups is 2. The number of amides is 2. The molecule has 1 aromatic heterocycles. The molecule has 4 rings (SSSR count). The van der Waals surface area contributed by atoms with Gasteiger partial charge in [-0.15, -0.1) is 0 Å². The minimum atomic E-state index is -0.375. The van der Waals surface area contributed by atoms with Gasteiger partial charge in [0.25, 0.3) is 0 Å². The number of aromatic nitrogens is 1. The van der Waals surface area contributed by atoms with E-state index in [0.717, 1.165) is 16.5 Å². The first-order valence-electron chi connectivity index (χ1n) is 9.66. The van der Waals surface area contributed by atoms with Gasteiger partial charge in [-0.05, 0) is 11.6 Å². The first-order valence-corrected chi connectivity index (χ1v) is 9.66. The van der Waals surface area contributed by atoms with Crippen LogP contribution in [0.3, 0.4) is 0 Å². The quantitative estimate of drug-likeness (QED) is 0.860. The summed E-state index contributed by atoms with van der Waals surface area (Å²) in [6.45, 7) is 6.13. The Labute approximate surface area is 159 Å². The number of benzene rings is 1. The molecule has 2 aromatic rings. The fourth-order valence-corrected chi connectivity index (χ4v) is 4.68. The summed E-state index contributed by atoms with van der Waals surface area (Å²) in [4.78, 5) is 32.2. The Balaban J connectivity index is 1.46. The Bertz CT molecular complexity index is 874. The molecule has 2 fully saturated rings. The molecule has 144 valence electrons. The smallest absolute Gasteiger partial charge is 0.227 e. The number of para-hydroxylation sites is 1. The highest BCUT2D eigenvalue weighted by Crippen LogP contribution is 2.42. The minimum Gasteiger partial charge on any atom is -0.396 e. The number of aliphatic hydroxyl groups excluding tert-OH is 1. The molecule has 2 N–H and O–H groups in total. The molecule has 0 radical (unpaired) electrons. The number of aliphatic hydroxyl groups is 1. The average Bonchev–Trinajstić information content (AvgIpc) is 3.32. The van der Waals surface area contributed by atoms with E-state index in [1.54, 1.807) is 0 Å². The number of likely N-dealkylation sites (tertiary alicyclic amines) is 2. The van der Waals surface area contributed by atoms with Crippen LogP contribution < -0.4 is 0 Å². The second kappa shape index (κ2) is 6.68. The minimum absolute atomic E-state index is 0.0103. The molecule has 27 heavy (non-hydrogen) atoms. The van der Waals surface area contributed by atoms with Crippen molar-refractivity contribution in [1.29, 1.82) is 0 Å². The number of rotatable bonds is 4. The van der Waals surface area contributed by atoms with Gasteiger partial charge in [-0.1, -0.05) is 32.0 Å². The molecule has 6 nitrogen and oxygen atoms in total. The average molecular weight is 369 g/mol. The van der Waals surface area contributed by atoms with E-state index in [4.69, 9.17) is 0 Å². The summed E-state index contributed by atoms with van der Waals surface area (Å²) >= 11 is 0. The van der Waals surface area contributed by atoms with Crippen molar-refractivity contribution in [2.45, 2.75) is 20.3 Å². The second-order valence-corrected chi connectivity index (χ2v) is 8.40. The van der Waals surface area contributed by atoms with Gasteiger partial charge in [0, 0.05) is 60.5 Å². The van der Waals surface area contributed by atoms with Crippen molar-refractivity contribution in [3.63, 3.8) is 0 Å². The van der Waals surface area contributed by atoms with E-state index >= 15 is 0 Å². The number of fused-ring (bicyclic) bond motifs is 2. The molecule has 3 heterocycles. The number of hydrogen-bond donors (Lipinski definition) is 2. The molecule has 0 bridgehead atoms. The predicted molar refractivity (Wildman–Crippen MR) is 103 cm³/mol. The van der Waals surface area contributed by atoms with Crippen molar-refractivity contribution in [3.05, 3.63) is 36.0 Å². The second-order valence-electron chi connectivity index (χ2n) is 8.40. The van der Waals surface area contributed by atoms with Crippen LogP contribution in [0.15, 0.2) is 30.5 Å². The van der Waals surface area contributed by atoms with Crippen LogP contribution in [0.25, 0.3) is 10.9 Å². The summed E-state index contributed by atoms with van der Waals surface area (Å²) < 4.78 is 0. The molecule has 2 aliphatic heterocycles. The third-order valence-electron chi connectivity index (χ3n) is 6.25. The van der Waals surface area contributed by atoms with E-state index in [-0.39, 0.29) is 35.7 Å². The molecule has 2 atom stereocenters. The van der Waals surface area contributed by atoms with E-state index < -0.39 is 0 Å². The van der Waals surface area contributed by atoms with Crippen LogP contribution in [0.2, 0.25) is 0 Å². The van der Waals surface area contributed by atoms with Crippen LogP contribution >= 0.6 is 0 Å². The van der Waals surface area contributed by atoms with Crippen molar-refractivity contribution in [1.82, 2.24) is 14.8 Å². The molecular formula is C21H27N3O3. The summed E-state index contributed by atoms with van der Waals surface area (Å²) in [7, 11) is 0. The largest absolute Gasteiger partial charge is 0.396 e. The maximum Gasteiger partial charge on any atom is 0.227 e. The van der Waals surface area contributed by atoms with Crippen molar-refractivity contribution in [2.24, 2.45) is 17.3 Å². The van der Waals surface area contributed by atoms with Crippen LogP contribution in [-0.4, -0.2) is 64.5 Å². The first-order chi connectivity index (χ1) is 12.9. The molecule has 0 saturated carbocycles. The van der Waals surface area contributed by atoms with Gasteiger partial charge < -0.3 is 19.9 Å². The summed E-state index contributed by atoms with van der Waals surface area (Å²) in [5.41, 5.74) is 1.66. The van der Waals surface area contributed by atoms with Gasteiger partial charge in [0.05, 0.1) is 13.0 Å². The zero-order chi connectivity index (χ0) is 19.2. The number of aromatic amines is 1. The molecule has 2 amide bonds. The Morgan fingerprint density at radius 1 is 1.22 bits per heavy atom. The highest BCUT2D eigenvalue weighted by Gasteiger charge is 2.54. The lowest BCUT2D eigenvalue weighted by Crippen LogP contribution is -2.41. The van der Waals surface area contributed by atoms with Gasteiger partial charge in [0.15, 0.2) is 0 Å². The Morgan fingerprint density at radius 3 is 2.63 bits per heavy atom. The third kappa shape index (κ3) is 3.02. The first kappa shape index (κ1) is 18.0. The van der Waals surface area contributed by atoms with Crippen LogP contribution in [0.1, 0.15) is 19.4 Å². The zero-order valence-electron chi connectivity index (χ0n) is 15.9. The van der Waals surface area contributed by atoms with Crippen molar-refractivity contribution < 1.29 is 14.7 Å². The number of nitrogens with one attached hydrogen (secondary N) is 1. The molecule has 2 aliphatic rings. The van der Waals surface area contributed by atoms with Crippen LogP contribution in [0, 0.1) is 17.3 Å². The highest BCUT2D eigenvalue weighted by molar-refractivity contribution is 5.89. The molecule has 0 aliphatic carbocycles. The summed E-state index contributed by atoms with van der Waals surface area (Å²) in [5, 5.41) is 11.2. The van der Waals surface area contributed by atoms with Crippen LogP contribution in [0.4, 0.5) is 0 Å². The number of H-pyrrole nitrogens is 1. The van der Waals surface area contributed by atoms with E-state index in [2.05, 4.69) is 4.98 Å². The summed E-state index contributed by atoms with van der Waals surface area (Å²) in [6, 6.07) is 7.98. The Morgan fingerprint density at radius 2 is 1.93 bits per heavy atom. The van der Waals surface area contributed by atoms with Crippen molar-refractivity contribution >= 4 is 22.7 Å². The monoisotopic (exact) mass is 369 g/mol. The standard InChI is InChI=1S/C21H27N3O3/c1-14(2)20(27)24-10-16-9-23(11-21(16,12-24)13-25)19(26)7-15-8-22-18-6-4-3-5-17(15)18/h3-6,8,14,16,22,25H,7,9-13H2,1-2H3/t16-,21+/m0/s1. The highest BCUT2D eigenvalue weighted by atomic mass is 16.3. The Kier molecular flexibility index (Phi) is 4.46. The van der Waals surface area contributed by atoms with Gasteiger partial charge in [0.1, 0.15) is 0 Å². The molecule has 0 spiro atoms. The summed E-state index contributed by atoms with van der Waals surface area (Å²) in [6.07, 6.45) is 2.26. The molecule has 2 saturated heterocycles. The van der Waals surface area contributed by atoms with Crippen LogP contribution in [0.5, 0.6) is 0 Å². The van der Waals surface area contributed by atoms with Gasteiger partial charge in [-0.2, -0.15) is 0 Å². The maximum absolute atomic E-state index is 12.9. The number of carbonyl (C=O) groups excluding carboxylic acids is 2. The number of hydrogen-bond acceptors (Lipinski definition) is 3. The fraction of sp³-hybridized carbons (Fsp3) is 0.524. The third-order valence-corrected chi connectivity index (χ3v) is 6.25. The Hall–Kier alpha value is -2.34.